The van der Waals surface area contributed by atoms with E-state index in [0.717, 1.165) is 77.9 Å². The van der Waals surface area contributed by atoms with Crippen molar-refractivity contribution in [1.29, 1.82) is 0 Å². The van der Waals surface area contributed by atoms with E-state index in [4.69, 9.17) is 4.98 Å². The summed E-state index contributed by atoms with van der Waals surface area (Å²) in [4.78, 5) is 11.8. The molecule has 0 atom stereocenters. The minimum absolute atomic E-state index is 0.839. The van der Waals surface area contributed by atoms with Crippen molar-refractivity contribution >= 4 is 46.5 Å². The van der Waals surface area contributed by atoms with Crippen LogP contribution in [0.1, 0.15) is 12.5 Å². The third-order valence-electron chi connectivity index (χ3n) is 9.84. The number of nitrogens with zero attached hydrogens (tertiary/aromatic N) is 4. The molecule has 0 saturated carbocycles. The standard InChI is InChI=1S/C47H34N4/c1-3-32-16-10-11-21-38(32)46(48-2)35-28-34(33-17-6-4-7-18-33)29-37(30-35)50-42-24-14-12-22-39(42)45-40-23-13-15-25-43(40)51(36-19-8-5-9-20-36)47(45)41-31-49-27-26-44(41)50/h3-31H,2H2,1H3/b32-3-,46-38-. The van der Waals surface area contributed by atoms with Gasteiger partial charge in [-0.15, -0.1) is 0 Å². The first-order valence-corrected chi connectivity index (χ1v) is 17.2. The molecule has 6 aromatic carbocycles. The first kappa shape index (κ1) is 30.3. The number of aromatic nitrogens is 2. The number of anilines is 3. The third kappa shape index (κ3) is 5.00. The minimum atomic E-state index is 0.839. The molecule has 0 unspecified atom stereocenters. The number of aliphatic imine (C=N–C) groups is 1. The summed E-state index contributed by atoms with van der Waals surface area (Å²) in [6.45, 7) is 6.15. The van der Waals surface area contributed by atoms with Crippen molar-refractivity contribution in [3.8, 4) is 39.2 Å². The van der Waals surface area contributed by atoms with Crippen LogP contribution in [0.2, 0.25) is 0 Å². The first-order chi connectivity index (χ1) is 25.2. The minimum Gasteiger partial charge on any atom is -0.309 e. The molecule has 0 radical (unpaired) electrons. The van der Waals surface area contributed by atoms with Gasteiger partial charge in [0, 0.05) is 56.6 Å². The van der Waals surface area contributed by atoms with Gasteiger partial charge in [-0.3, -0.25) is 9.98 Å². The monoisotopic (exact) mass is 654 g/mol. The predicted octanol–water partition coefficient (Wildman–Crippen LogP) is 10.5. The molecule has 0 fully saturated rings. The van der Waals surface area contributed by atoms with Crippen LogP contribution in [0.25, 0.3) is 61.9 Å². The molecular weight excluding hydrogens is 621 g/mol. The maximum Gasteiger partial charge on any atom is 0.0773 e. The van der Waals surface area contributed by atoms with Crippen molar-refractivity contribution in [1.82, 2.24) is 9.55 Å². The van der Waals surface area contributed by atoms with Crippen molar-refractivity contribution in [3.63, 3.8) is 0 Å². The zero-order valence-electron chi connectivity index (χ0n) is 28.2. The van der Waals surface area contributed by atoms with Gasteiger partial charge in [0.15, 0.2) is 0 Å². The Morgan fingerprint density at radius 2 is 1.35 bits per heavy atom. The highest BCUT2D eigenvalue weighted by Crippen LogP contribution is 2.54. The number of pyridine rings is 1. The summed E-state index contributed by atoms with van der Waals surface area (Å²) in [6.07, 6.45) is 6.04. The van der Waals surface area contributed by atoms with Crippen LogP contribution in [0.4, 0.5) is 17.1 Å². The van der Waals surface area contributed by atoms with E-state index < -0.39 is 0 Å². The summed E-state index contributed by atoms with van der Waals surface area (Å²) in [5.74, 6) is 0. The van der Waals surface area contributed by atoms with Crippen LogP contribution in [0.5, 0.6) is 0 Å². The molecular formula is C47H34N4. The number of fused-ring (bicyclic) bond motifs is 7. The van der Waals surface area contributed by atoms with Crippen LogP contribution in [-0.4, -0.2) is 16.3 Å². The summed E-state index contributed by atoms with van der Waals surface area (Å²) in [7, 11) is 0. The Labute approximate surface area is 297 Å². The largest absolute Gasteiger partial charge is 0.309 e. The van der Waals surface area contributed by atoms with Gasteiger partial charge in [-0.25, -0.2) is 0 Å². The fourth-order valence-electron chi connectivity index (χ4n) is 7.64. The maximum atomic E-state index is 4.75. The van der Waals surface area contributed by atoms with Gasteiger partial charge in [-0.2, -0.15) is 0 Å². The van der Waals surface area contributed by atoms with E-state index in [-0.39, 0.29) is 0 Å². The molecule has 4 nitrogen and oxygen atoms in total. The van der Waals surface area contributed by atoms with Crippen molar-refractivity contribution in [2.24, 2.45) is 4.99 Å². The van der Waals surface area contributed by atoms with Crippen molar-refractivity contribution in [2.75, 3.05) is 4.90 Å². The number of benzene rings is 6. The van der Waals surface area contributed by atoms with Gasteiger partial charge in [0.05, 0.1) is 28.3 Å². The summed E-state index contributed by atoms with van der Waals surface area (Å²) in [6, 6.07) is 55.9. The molecule has 51 heavy (non-hydrogen) atoms. The van der Waals surface area contributed by atoms with Crippen LogP contribution < -0.4 is 15.3 Å². The molecule has 8 aromatic rings. The van der Waals surface area contributed by atoms with Gasteiger partial charge in [0.25, 0.3) is 0 Å². The van der Waals surface area contributed by atoms with E-state index >= 15 is 0 Å². The topological polar surface area (TPSA) is 33.4 Å². The lowest BCUT2D eigenvalue weighted by atomic mass is 9.97. The molecule has 0 spiro atoms. The first-order valence-electron chi connectivity index (χ1n) is 17.2. The van der Waals surface area contributed by atoms with Crippen LogP contribution in [0.15, 0.2) is 175 Å². The van der Waals surface area contributed by atoms with Crippen LogP contribution >= 0.6 is 0 Å². The zero-order chi connectivity index (χ0) is 34.3. The average molecular weight is 655 g/mol. The molecule has 0 bridgehead atoms. The highest BCUT2D eigenvalue weighted by Gasteiger charge is 2.31. The highest BCUT2D eigenvalue weighted by atomic mass is 15.2. The Morgan fingerprint density at radius 3 is 2.18 bits per heavy atom. The van der Waals surface area contributed by atoms with E-state index in [1.165, 1.54) is 10.9 Å². The van der Waals surface area contributed by atoms with Crippen molar-refractivity contribution < 1.29 is 0 Å². The normalized spacial score (nSPS) is 12.9. The lowest BCUT2D eigenvalue weighted by Crippen LogP contribution is -2.26. The number of para-hydroxylation sites is 3. The lowest BCUT2D eigenvalue weighted by Gasteiger charge is -2.28. The average Bonchev–Trinajstić information content (AvgIpc) is 3.48. The van der Waals surface area contributed by atoms with E-state index in [9.17, 15) is 0 Å². The van der Waals surface area contributed by atoms with Crippen molar-refractivity contribution in [3.05, 3.63) is 186 Å². The molecule has 0 saturated heterocycles. The molecule has 9 rings (SSSR count). The van der Waals surface area contributed by atoms with E-state index in [2.05, 4.69) is 192 Å². The van der Waals surface area contributed by atoms with Gasteiger partial charge in [-0.05, 0) is 78.5 Å². The summed E-state index contributed by atoms with van der Waals surface area (Å²) < 4.78 is 2.39. The molecule has 1 aliphatic heterocycles. The fraction of sp³-hybridized carbons (Fsp3) is 0.0213. The molecule has 242 valence electrons. The predicted molar refractivity (Wildman–Crippen MR) is 214 cm³/mol. The molecule has 2 aromatic heterocycles. The molecule has 1 aliphatic rings. The second kappa shape index (κ2) is 12.6. The maximum absolute atomic E-state index is 4.75. The quantitative estimate of drug-likeness (QED) is 0.173. The van der Waals surface area contributed by atoms with E-state index in [0.29, 0.717) is 0 Å². The van der Waals surface area contributed by atoms with Gasteiger partial charge < -0.3 is 9.47 Å². The number of hydrogen-bond acceptors (Lipinski definition) is 3. The van der Waals surface area contributed by atoms with Gasteiger partial charge in [-0.1, -0.05) is 115 Å². The molecule has 0 N–H and O–H groups in total. The molecule has 3 heterocycles. The van der Waals surface area contributed by atoms with Gasteiger partial charge in [0.2, 0.25) is 0 Å². The Hall–Kier alpha value is -6.78. The Morgan fingerprint density at radius 1 is 0.647 bits per heavy atom. The van der Waals surface area contributed by atoms with E-state index in [1.807, 2.05) is 12.4 Å². The zero-order valence-corrected chi connectivity index (χ0v) is 28.2. The Balaban J connectivity index is 1.40. The summed E-state index contributed by atoms with van der Waals surface area (Å²) in [5, 5.41) is 3.35. The van der Waals surface area contributed by atoms with Crippen LogP contribution in [0.3, 0.4) is 0 Å². The number of hydrogen-bond donors (Lipinski definition) is 0. The molecule has 0 aliphatic carbocycles. The lowest BCUT2D eigenvalue weighted by molar-refractivity contribution is 1.13. The number of rotatable bonds is 5. The van der Waals surface area contributed by atoms with Gasteiger partial charge >= 0.3 is 0 Å². The molecule has 0 amide bonds. The molecule has 4 heteroatoms. The highest BCUT2D eigenvalue weighted by molar-refractivity contribution is 6.13. The summed E-state index contributed by atoms with van der Waals surface area (Å²) in [5.41, 5.74) is 14.0. The Kier molecular flexibility index (Phi) is 7.48. The van der Waals surface area contributed by atoms with Gasteiger partial charge in [0.1, 0.15) is 0 Å². The second-order valence-electron chi connectivity index (χ2n) is 12.7. The Bertz CT molecular complexity index is 2720. The summed E-state index contributed by atoms with van der Waals surface area (Å²) >= 11 is 0. The SMILES string of the molecule is C=N/C(c1cc(-c2ccccc2)cc(N2c3ccccc3-c3c(n(-c4ccccc4)c4ccccc34)-c3cnccc32)c1)=c1/cccc/c1=C/C. The van der Waals surface area contributed by atoms with Crippen LogP contribution in [-0.2, 0) is 0 Å². The second-order valence-corrected chi connectivity index (χ2v) is 12.7. The van der Waals surface area contributed by atoms with E-state index in [1.54, 1.807) is 0 Å². The smallest absolute Gasteiger partial charge is 0.0773 e. The third-order valence-corrected chi connectivity index (χ3v) is 9.84. The van der Waals surface area contributed by atoms with Crippen LogP contribution in [0, 0.1) is 0 Å². The van der Waals surface area contributed by atoms with Crippen molar-refractivity contribution in [2.45, 2.75) is 6.92 Å². The fourth-order valence-corrected chi connectivity index (χ4v) is 7.64.